The minimum atomic E-state index is -0.725. The zero-order chi connectivity index (χ0) is 24.5. The van der Waals surface area contributed by atoms with Gasteiger partial charge in [-0.05, 0) is 50.5 Å². The van der Waals surface area contributed by atoms with Gasteiger partial charge in [0, 0.05) is 26.2 Å². The van der Waals surface area contributed by atoms with E-state index in [2.05, 4.69) is 10.3 Å². The van der Waals surface area contributed by atoms with Crippen LogP contribution >= 0.6 is 0 Å². The average molecular weight is 472 g/mol. The zero-order valence-corrected chi connectivity index (χ0v) is 19.7. The summed E-state index contributed by atoms with van der Waals surface area (Å²) in [4.78, 5) is 46.7. The van der Waals surface area contributed by atoms with Crippen molar-refractivity contribution in [3.8, 4) is 0 Å². The highest BCUT2D eigenvalue weighted by atomic mass is 16.2. The molecular weight excluding hydrogens is 434 g/mol. The maximum Gasteiger partial charge on any atom is 0.245 e. The van der Waals surface area contributed by atoms with Gasteiger partial charge in [-0.15, -0.1) is 0 Å². The summed E-state index contributed by atoms with van der Waals surface area (Å²) in [5.74, 6) is -0.639. The second-order valence-electron chi connectivity index (χ2n) is 9.03. The number of rotatable bonds is 10. The Morgan fingerprint density at radius 2 is 1.74 bits per heavy atom. The van der Waals surface area contributed by atoms with E-state index in [1.807, 2.05) is 30.3 Å². The van der Waals surface area contributed by atoms with Gasteiger partial charge in [0.05, 0.1) is 6.04 Å². The van der Waals surface area contributed by atoms with Gasteiger partial charge in [-0.1, -0.05) is 30.3 Å². The summed E-state index contributed by atoms with van der Waals surface area (Å²) in [7, 11) is 0. The number of nitrogens with one attached hydrogen (secondary N) is 1. The van der Waals surface area contributed by atoms with E-state index in [1.165, 1.54) is 0 Å². The van der Waals surface area contributed by atoms with E-state index in [9.17, 15) is 14.4 Å². The van der Waals surface area contributed by atoms with Crippen LogP contribution in [0.15, 0.2) is 35.3 Å². The molecule has 0 radical (unpaired) electrons. The number of benzene rings is 1. The topological polar surface area (TPSA) is 160 Å². The molecule has 0 aromatic heterocycles. The monoisotopic (exact) mass is 471 g/mol. The summed E-state index contributed by atoms with van der Waals surface area (Å²) in [6, 6.07) is 7.56. The predicted molar refractivity (Wildman–Crippen MR) is 131 cm³/mol. The molecule has 10 nitrogen and oxygen atoms in total. The Morgan fingerprint density at radius 1 is 1.03 bits per heavy atom. The van der Waals surface area contributed by atoms with Crippen molar-refractivity contribution in [1.82, 2.24) is 15.1 Å². The molecule has 34 heavy (non-hydrogen) atoms. The van der Waals surface area contributed by atoms with E-state index in [0.29, 0.717) is 51.9 Å². The van der Waals surface area contributed by atoms with E-state index in [0.717, 1.165) is 24.8 Å². The average Bonchev–Trinajstić information content (AvgIpc) is 3.53. The van der Waals surface area contributed by atoms with Crippen LogP contribution in [0.4, 0.5) is 0 Å². The summed E-state index contributed by atoms with van der Waals surface area (Å²) < 4.78 is 0. The fraction of sp³-hybridized carbons (Fsp3) is 0.583. The van der Waals surface area contributed by atoms with E-state index >= 15 is 0 Å². The Bertz CT molecular complexity index is 867. The molecule has 2 heterocycles. The van der Waals surface area contributed by atoms with Gasteiger partial charge in [-0.3, -0.25) is 19.4 Å². The Balaban J connectivity index is 1.63. The highest BCUT2D eigenvalue weighted by molar-refractivity contribution is 5.93. The van der Waals surface area contributed by atoms with Crippen molar-refractivity contribution < 1.29 is 14.4 Å². The smallest absolute Gasteiger partial charge is 0.245 e. The predicted octanol–water partition coefficient (Wildman–Crippen LogP) is -0.292. The number of aliphatic imine (C=N–C) groups is 1. The van der Waals surface area contributed by atoms with Gasteiger partial charge < -0.3 is 32.3 Å². The number of hydrogen-bond donors (Lipinski definition) is 4. The fourth-order valence-electron chi connectivity index (χ4n) is 4.66. The minimum Gasteiger partial charge on any atom is -0.370 e. The fourth-order valence-corrected chi connectivity index (χ4v) is 4.66. The molecule has 186 valence electrons. The van der Waals surface area contributed by atoms with Crippen LogP contribution in [-0.2, 0) is 20.8 Å². The Morgan fingerprint density at radius 3 is 2.41 bits per heavy atom. The third-order valence-corrected chi connectivity index (χ3v) is 6.43. The third kappa shape index (κ3) is 6.93. The standard InChI is InChI=1S/C24H37N7O3/c25-18(16-17-8-2-1-3-9-17)22(33)31-15-7-11-20(31)21(32)29-19(10-6-12-28-24(26)27)23(34)30-13-4-5-14-30/h1-3,8-9,18-20H,4-7,10-16,25H2,(H,29,32)(H4,26,27,28)/t18-,19+,20+/m1/s1. The molecule has 10 heteroatoms. The van der Waals surface area contributed by atoms with Crippen molar-refractivity contribution in [2.24, 2.45) is 22.2 Å². The highest BCUT2D eigenvalue weighted by Crippen LogP contribution is 2.20. The van der Waals surface area contributed by atoms with Crippen molar-refractivity contribution in [1.29, 1.82) is 0 Å². The molecule has 7 N–H and O–H groups in total. The molecule has 1 aromatic carbocycles. The van der Waals surface area contributed by atoms with Crippen molar-refractivity contribution in [2.45, 2.75) is 63.1 Å². The lowest BCUT2D eigenvalue weighted by atomic mass is 10.0. The molecule has 3 rings (SSSR count). The number of nitrogens with zero attached hydrogens (tertiary/aromatic N) is 3. The Kier molecular flexibility index (Phi) is 9.26. The SMILES string of the molecule is NC(N)=NCCC[C@H](NC(=O)[C@@H]1CCCN1C(=O)[C@H](N)Cc1ccccc1)C(=O)N1CCCC1. The first kappa shape index (κ1) is 25.5. The van der Waals surface area contributed by atoms with Gasteiger partial charge in [0.25, 0.3) is 0 Å². The van der Waals surface area contributed by atoms with E-state index in [1.54, 1.807) is 9.80 Å². The molecule has 0 bridgehead atoms. The zero-order valence-electron chi connectivity index (χ0n) is 19.7. The normalized spacial score (nSPS) is 19.5. The summed E-state index contributed by atoms with van der Waals surface area (Å²) in [6.07, 6.45) is 4.58. The number of amides is 3. The van der Waals surface area contributed by atoms with E-state index < -0.39 is 18.1 Å². The van der Waals surface area contributed by atoms with Gasteiger partial charge in [-0.25, -0.2) is 0 Å². The number of carbonyl (C=O) groups excluding carboxylic acids is 3. The van der Waals surface area contributed by atoms with E-state index in [-0.39, 0.29) is 23.7 Å². The first-order valence-corrected chi connectivity index (χ1v) is 12.1. The quantitative estimate of drug-likeness (QED) is 0.208. The van der Waals surface area contributed by atoms with Gasteiger partial charge in [0.1, 0.15) is 12.1 Å². The summed E-state index contributed by atoms with van der Waals surface area (Å²) >= 11 is 0. The molecule has 3 atom stereocenters. The van der Waals surface area contributed by atoms with Crippen LogP contribution in [0.25, 0.3) is 0 Å². The second-order valence-corrected chi connectivity index (χ2v) is 9.03. The molecule has 1 aromatic rings. The Labute approximate surface area is 200 Å². The number of carbonyl (C=O) groups is 3. The molecule has 0 saturated carbocycles. The second kappa shape index (κ2) is 12.4. The first-order chi connectivity index (χ1) is 16.4. The van der Waals surface area contributed by atoms with Gasteiger partial charge in [0.15, 0.2) is 5.96 Å². The number of hydrogen-bond acceptors (Lipinski definition) is 5. The Hall–Kier alpha value is -3.14. The van der Waals surface area contributed by atoms with Crippen LogP contribution in [0.3, 0.4) is 0 Å². The van der Waals surface area contributed by atoms with Crippen molar-refractivity contribution in [3.05, 3.63) is 35.9 Å². The lowest BCUT2D eigenvalue weighted by Crippen LogP contribution is -2.55. The van der Waals surface area contributed by atoms with Gasteiger partial charge in [0.2, 0.25) is 17.7 Å². The molecule has 0 aliphatic carbocycles. The lowest BCUT2D eigenvalue weighted by Gasteiger charge is -2.29. The van der Waals surface area contributed by atoms with Crippen LogP contribution in [0.1, 0.15) is 44.1 Å². The van der Waals surface area contributed by atoms with Crippen LogP contribution in [0.5, 0.6) is 0 Å². The molecule has 0 spiro atoms. The maximum absolute atomic E-state index is 13.2. The summed E-state index contributed by atoms with van der Waals surface area (Å²) in [5, 5.41) is 2.92. The molecule has 2 aliphatic heterocycles. The van der Waals surface area contributed by atoms with Crippen molar-refractivity contribution in [3.63, 3.8) is 0 Å². The van der Waals surface area contributed by atoms with Crippen molar-refractivity contribution in [2.75, 3.05) is 26.2 Å². The van der Waals surface area contributed by atoms with Crippen LogP contribution in [-0.4, -0.2) is 77.8 Å². The first-order valence-electron chi connectivity index (χ1n) is 12.1. The highest BCUT2D eigenvalue weighted by Gasteiger charge is 2.38. The number of nitrogens with two attached hydrogens (primary N) is 3. The number of likely N-dealkylation sites (tertiary alicyclic amines) is 2. The molecule has 3 amide bonds. The van der Waals surface area contributed by atoms with Gasteiger partial charge in [-0.2, -0.15) is 0 Å². The molecule has 2 aliphatic rings. The number of guanidine groups is 1. The largest absolute Gasteiger partial charge is 0.370 e. The third-order valence-electron chi connectivity index (χ3n) is 6.43. The maximum atomic E-state index is 13.2. The molecular formula is C24H37N7O3. The molecule has 0 unspecified atom stereocenters. The molecule has 2 fully saturated rings. The van der Waals surface area contributed by atoms with Crippen LogP contribution < -0.4 is 22.5 Å². The molecule has 2 saturated heterocycles. The van der Waals surface area contributed by atoms with E-state index in [4.69, 9.17) is 17.2 Å². The summed E-state index contributed by atoms with van der Waals surface area (Å²) in [5.41, 5.74) is 18.0. The minimum absolute atomic E-state index is 0.00148. The summed E-state index contributed by atoms with van der Waals surface area (Å²) in [6.45, 7) is 2.25. The van der Waals surface area contributed by atoms with Crippen molar-refractivity contribution >= 4 is 23.7 Å². The lowest BCUT2D eigenvalue weighted by molar-refractivity contribution is -0.141. The van der Waals surface area contributed by atoms with Crippen LogP contribution in [0, 0.1) is 0 Å². The van der Waals surface area contributed by atoms with Crippen LogP contribution in [0.2, 0.25) is 0 Å². The van der Waals surface area contributed by atoms with Gasteiger partial charge >= 0.3 is 0 Å².